The van der Waals surface area contributed by atoms with Crippen LogP contribution in [0.15, 0.2) is 77.7 Å². The van der Waals surface area contributed by atoms with Gasteiger partial charge in [0.1, 0.15) is 18.4 Å². The molecule has 0 aliphatic rings. The Morgan fingerprint density at radius 1 is 0.974 bits per heavy atom. The monoisotopic (exact) mass is 573 g/mol. The summed E-state index contributed by atoms with van der Waals surface area (Å²) in [5, 5.41) is 3.17. The fourth-order valence-corrected chi connectivity index (χ4v) is 5.42. The summed E-state index contributed by atoms with van der Waals surface area (Å²) in [6.45, 7) is 6.80. The van der Waals surface area contributed by atoms with Crippen molar-refractivity contribution in [1.29, 1.82) is 0 Å². The van der Waals surface area contributed by atoms with Gasteiger partial charge in [0.05, 0.1) is 10.6 Å². The molecule has 1 atom stereocenters. The Balaban J connectivity index is 2.02. The lowest BCUT2D eigenvalue weighted by atomic mass is 10.1. The van der Waals surface area contributed by atoms with Crippen LogP contribution in [0.3, 0.4) is 0 Å². The van der Waals surface area contributed by atoms with E-state index in [1.165, 1.54) is 47.4 Å². The Bertz CT molecular complexity index is 1410. The Hall–Kier alpha value is -3.43. The second-order valence-corrected chi connectivity index (χ2v) is 12.0. The molecular formula is C29H33ClFN3O4S. The van der Waals surface area contributed by atoms with E-state index in [9.17, 15) is 22.4 Å². The number of nitrogens with one attached hydrogen (secondary N) is 1. The molecule has 0 bridgehead atoms. The Kier molecular flexibility index (Phi) is 10.1. The Labute approximate surface area is 234 Å². The summed E-state index contributed by atoms with van der Waals surface area (Å²) in [7, 11) is -4.21. The number of anilines is 1. The number of hydrogen-bond donors (Lipinski definition) is 1. The zero-order chi connectivity index (χ0) is 28.7. The predicted octanol–water partition coefficient (Wildman–Crippen LogP) is 5.17. The molecule has 10 heteroatoms. The third-order valence-electron chi connectivity index (χ3n) is 6.12. The maximum Gasteiger partial charge on any atom is 0.264 e. The summed E-state index contributed by atoms with van der Waals surface area (Å²) in [4.78, 5) is 28.0. The van der Waals surface area contributed by atoms with Crippen LogP contribution in [-0.2, 0) is 26.2 Å². The molecule has 3 rings (SSSR count). The van der Waals surface area contributed by atoms with Gasteiger partial charge < -0.3 is 10.2 Å². The largest absolute Gasteiger partial charge is 0.354 e. The van der Waals surface area contributed by atoms with Gasteiger partial charge in [-0.2, -0.15) is 0 Å². The number of sulfonamides is 1. The van der Waals surface area contributed by atoms with Gasteiger partial charge in [-0.25, -0.2) is 12.8 Å². The molecule has 0 aliphatic carbocycles. The van der Waals surface area contributed by atoms with Gasteiger partial charge in [0.25, 0.3) is 10.0 Å². The van der Waals surface area contributed by atoms with Gasteiger partial charge in [-0.1, -0.05) is 55.8 Å². The molecule has 1 N–H and O–H groups in total. The second kappa shape index (κ2) is 13.1. The highest BCUT2D eigenvalue weighted by Crippen LogP contribution is 2.26. The minimum absolute atomic E-state index is 0.0513. The molecule has 208 valence electrons. The van der Waals surface area contributed by atoms with Crippen LogP contribution in [0.25, 0.3) is 0 Å². The number of carbonyl (C=O) groups excluding carboxylic acids is 2. The number of nitrogens with zero attached hydrogens (tertiary/aromatic N) is 2. The molecule has 3 aromatic rings. The van der Waals surface area contributed by atoms with E-state index in [0.29, 0.717) is 11.6 Å². The lowest BCUT2D eigenvalue weighted by molar-refractivity contribution is -0.139. The molecule has 0 aliphatic heterocycles. The molecule has 3 aromatic carbocycles. The highest BCUT2D eigenvalue weighted by Gasteiger charge is 2.33. The average molecular weight is 574 g/mol. The Morgan fingerprint density at radius 2 is 1.64 bits per heavy atom. The standard InChI is InChI=1S/C29H33ClFN3O4S/c1-20(2)17-32-29(36)22(4)33(18-23-9-5-6-11-27(23)31)28(35)19-34(25-10-7-8-21(3)16-25)39(37,38)26-14-12-24(30)13-15-26/h5-16,20,22H,17-19H2,1-4H3,(H,32,36)/t22-/m0/s1. The molecule has 7 nitrogen and oxygen atoms in total. The number of amides is 2. The highest BCUT2D eigenvalue weighted by molar-refractivity contribution is 7.92. The van der Waals surface area contributed by atoms with E-state index in [2.05, 4.69) is 5.32 Å². The molecule has 2 amide bonds. The first-order chi connectivity index (χ1) is 18.4. The molecule has 0 heterocycles. The van der Waals surface area contributed by atoms with Crippen LogP contribution in [0.5, 0.6) is 0 Å². The fraction of sp³-hybridized carbons (Fsp3) is 0.310. The van der Waals surface area contributed by atoms with E-state index in [1.54, 1.807) is 31.2 Å². The van der Waals surface area contributed by atoms with Crippen LogP contribution in [0.2, 0.25) is 5.02 Å². The quantitative estimate of drug-likeness (QED) is 0.343. The molecule has 0 radical (unpaired) electrons. The first-order valence-corrected chi connectivity index (χ1v) is 14.4. The van der Waals surface area contributed by atoms with Crippen molar-refractivity contribution in [2.24, 2.45) is 5.92 Å². The number of benzene rings is 3. The van der Waals surface area contributed by atoms with Gasteiger partial charge in [0, 0.05) is 23.7 Å². The molecule has 0 aromatic heterocycles. The topological polar surface area (TPSA) is 86.8 Å². The van der Waals surface area contributed by atoms with E-state index in [-0.39, 0.29) is 28.6 Å². The first kappa shape index (κ1) is 30.1. The van der Waals surface area contributed by atoms with Crippen LogP contribution in [0.4, 0.5) is 10.1 Å². The van der Waals surface area contributed by atoms with Crippen LogP contribution >= 0.6 is 11.6 Å². The molecule has 0 saturated heterocycles. The molecule has 39 heavy (non-hydrogen) atoms. The Morgan fingerprint density at radius 3 is 2.26 bits per heavy atom. The normalized spacial score (nSPS) is 12.2. The maximum atomic E-state index is 14.6. The number of aryl methyl sites for hydroxylation is 1. The summed E-state index contributed by atoms with van der Waals surface area (Å²) in [6.07, 6.45) is 0. The number of halogens is 2. The highest BCUT2D eigenvalue weighted by atomic mass is 35.5. The summed E-state index contributed by atoms with van der Waals surface area (Å²) in [5.41, 5.74) is 1.28. The number of rotatable bonds is 11. The van der Waals surface area contributed by atoms with Gasteiger partial charge in [0.15, 0.2) is 0 Å². The van der Waals surface area contributed by atoms with E-state index in [1.807, 2.05) is 26.8 Å². The first-order valence-electron chi connectivity index (χ1n) is 12.6. The molecule has 0 fully saturated rings. The van der Waals surface area contributed by atoms with Gasteiger partial charge in [0.2, 0.25) is 11.8 Å². The molecule has 0 saturated carbocycles. The molecule has 0 spiro atoms. The lowest BCUT2D eigenvalue weighted by Crippen LogP contribution is -2.51. The van der Waals surface area contributed by atoms with E-state index in [4.69, 9.17) is 11.6 Å². The summed E-state index contributed by atoms with van der Waals surface area (Å²) in [6, 6.07) is 17.4. The van der Waals surface area contributed by atoms with E-state index in [0.717, 1.165) is 9.87 Å². The van der Waals surface area contributed by atoms with E-state index < -0.39 is 40.2 Å². The van der Waals surface area contributed by atoms with Crippen molar-refractivity contribution in [3.05, 3.63) is 94.8 Å². The average Bonchev–Trinajstić information content (AvgIpc) is 2.89. The van der Waals surface area contributed by atoms with Crippen molar-refractivity contribution in [2.75, 3.05) is 17.4 Å². The van der Waals surface area contributed by atoms with Crippen molar-refractivity contribution >= 4 is 39.1 Å². The third-order valence-corrected chi connectivity index (χ3v) is 8.16. The third kappa shape index (κ3) is 7.80. The SMILES string of the molecule is Cc1cccc(N(CC(=O)N(Cc2ccccc2F)[C@@H](C)C(=O)NCC(C)C)S(=O)(=O)c2ccc(Cl)cc2)c1. The van der Waals surface area contributed by atoms with Crippen LogP contribution in [0.1, 0.15) is 31.9 Å². The molecular weight excluding hydrogens is 541 g/mol. The van der Waals surface area contributed by atoms with Crippen LogP contribution in [-0.4, -0.2) is 44.3 Å². The minimum atomic E-state index is -4.21. The maximum absolute atomic E-state index is 14.6. The second-order valence-electron chi connectivity index (χ2n) is 9.73. The zero-order valence-corrected chi connectivity index (χ0v) is 24.0. The van der Waals surface area contributed by atoms with Crippen LogP contribution < -0.4 is 9.62 Å². The van der Waals surface area contributed by atoms with Gasteiger partial charge in [-0.05, 0) is 67.8 Å². The van der Waals surface area contributed by atoms with Gasteiger partial charge >= 0.3 is 0 Å². The minimum Gasteiger partial charge on any atom is -0.354 e. The smallest absolute Gasteiger partial charge is 0.264 e. The van der Waals surface area contributed by atoms with Crippen molar-refractivity contribution in [3.63, 3.8) is 0 Å². The van der Waals surface area contributed by atoms with Gasteiger partial charge in [-0.15, -0.1) is 0 Å². The van der Waals surface area contributed by atoms with E-state index >= 15 is 0 Å². The number of hydrogen-bond acceptors (Lipinski definition) is 4. The lowest BCUT2D eigenvalue weighted by Gasteiger charge is -2.32. The van der Waals surface area contributed by atoms with Crippen molar-refractivity contribution < 1.29 is 22.4 Å². The summed E-state index contributed by atoms with van der Waals surface area (Å²) < 4.78 is 43.1. The number of carbonyl (C=O) groups is 2. The van der Waals surface area contributed by atoms with Gasteiger partial charge in [-0.3, -0.25) is 13.9 Å². The zero-order valence-electron chi connectivity index (χ0n) is 22.4. The predicted molar refractivity (Wildman–Crippen MR) is 151 cm³/mol. The van der Waals surface area contributed by atoms with Crippen LogP contribution in [0, 0.1) is 18.7 Å². The van der Waals surface area contributed by atoms with Crippen molar-refractivity contribution in [1.82, 2.24) is 10.2 Å². The molecule has 0 unspecified atom stereocenters. The summed E-state index contributed by atoms with van der Waals surface area (Å²) >= 11 is 5.97. The van der Waals surface area contributed by atoms with Crippen molar-refractivity contribution in [2.45, 2.75) is 45.2 Å². The van der Waals surface area contributed by atoms with Crippen molar-refractivity contribution in [3.8, 4) is 0 Å². The fourth-order valence-electron chi connectivity index (χ4n) is 3.89. The summed E-state index contributed by atoms with van der Waals surface area (Å²) in [5.74, 6) is -1.44.